The summed E-state index contributed by atoms with van der Waals surface area (Å²) in [6.07, 6.45) is 2.57. The fourth-order valence-corrected chi connectivity index (χ4v) is 3.69. The van der Waals surface area contributed by atoms with E-state index in [0.717, 1.165) is 25.7 Å². The summed E-state index contributed by atoms with van der Waals surface area (Å²) in [6.45, 7) is 1.76. The Balaban J connectivity index is 1.52. The monoisotopic (exact) mass is 323 g/mol. The normalized spacial score (nSPS) is 33.6. The summed E-state index contributed by atoms with van der Waals surface area (Å²) in [6, 6.07) is 0. The molecule has 0 radical (unpaired) electrons. The Morgan fingerprint density at radius 2 is 1.78 bits per heavy atom. The molecule has 2 saturated heterocycles. The number of nitrogens with zero attached hydrogens (tertiary/aromatic N) is 1. The Kier molecular flexibility index (Phi) is 4.37. The molecule has 0 spiro atoms. The van der Waals surface area contributed by atoms with Gasteiger partial charge in [-0.05, 0) is 19.8 Å². The van der Waals surface area contributed by atoms with Crippen LogP contribution in [-0.4, -0.2) is 47.4 Å². The van der Waals surface area contributed by atoms with E-state index >= 15 is 0 Å². The van der Waals surface area contributed by atoms with Crippen LogP contribution in [0.25, 0.3) is 0 Å². The van der Waals surface area contributed by atoms with Crippen molar-refractivity contribution < 1.29 is 28.7 Å². The highest BCUT2D eigenvalue weighted by atomic mass is 16.6. The van der Waals surface area contributed by atoms with Crippen LogP contribution in [0.2, 0.25) is 0 Å². The van der Waals surface area contributed by atoms with Gasteiger partial charge in [-0.1, -0.05) is 12.8 Å². The van der Waals surface area contributed by atoms with Crippen LogP contribution in [0.3, 0.4) is 0 Å². The van der Waals surface area contributed by atoms with Crippen LogP contribution in [0.15, 0.2) is 0 Å². The number of hydrogen-bond donors (Lipinski definition) is 0. The maximum Gasteiger partial charge on any atom is 0.347 e. The smallest absolute Gasteiger partial charge is 0.347 e. The van der Waals surface area contributed by atoms with E-state index in [1.54, 1.807) is 6.92 Å². The van der Waals surface area contributed by atoms with E-state index < -0.39 is 18.0 Å². The molecule has 0 aromatic carbocycles. The average molecular weight is 323 g/mol. The van der Waals surface area contributed by atoms with Gasteiger partial charge in [0.25, 0.3) is 0 Å². The number of likely N-dealkylation sites (tertiary alicyclic amines) is 1. The number of rotatable bonds is 4. The van der Waals surface area contributed by atoms with Crippen molar-refractivity contribution in [2.75, 3.05) is 6.54 Å². The van der Waals surface area contributed by atoms with E-state index in [2.05, 4.69) is 0 Å². The fourth-order valence-electron chi connectivity index (χ4n) is 3.69. The highest BCUT2D eigenvalue weighted by Crippen LogP contribution is 2.38. The fraction of sp³-hybridized carbons (Fsp3) is 0.750. The largest absolute Gasteiger partial charge is 0.460 e. The number of cyclic esters (lactones) is 1. The third-order valence-electron chi connectivity index (χ3n) is 4.87. The van der Waals surface area contributed by atoms with Crippen LogP contribution in [0.1, 0.15) is 45.4 Å². The quantitative estimate of drug-likeness (QED) is 0.561. The lowest BCUT2D eigenvalue weighted by atomic mass is 9.81. The molecule has 1 saturated carbocycles. The van der Waals surface area contributed by atoms with Crippen molar-refractivity contribution in [3.63, 3.8) is 0 Å². The van der Waals surface area contributed by atoms with Gasteiger partial charge in [0.15, 0.2) is 0 Å². The van der Waals surface area contributed by atoms with Gasteiger partial charge in [0.1, 0.15) is 6.10 Å². The zero-order valence-electron chi connectivity index (χ0n) is 13.2. The van der Waals surface area contributed by atoms with Crippen molar-refractivity contribution >= 4 is 23.8 Å². The Morgan fingerprint density at radius 3 is 2.30 bits per heavy atom. The molecule has 3 aliphatic rings. The molecular formula is C16H21NO6. The van der Waals surface area contributed by atoms with Crippen molar-refractivity contribution in [1.82, 2.24) is 4.90 Å². The van der Waals surface area contributed by atoms with Gasteiger partial charge in [0.05, 0.1) is 18.3 Å². The summed E-state index contributed by atoms with van der Waals surface area (Å²) in [5.74, 6) is -1.87. The van der Waals surface area contributed by atoms with E-state index in [1.807, 2.05) is 0 Å². The van der Waals surface area contributed by atoms with E-state index in [-0.39, 0.29) is 42.7 Å². The maximum atomic E-state index is 12.3. The molecule has 2 heterocycles. The van der Waals surface area contributed by atoms with Crippen LogP contribution in [0.4, 0.5) is 0 Å². The van der Waals surface area contributed by atoms with Gasteiger partial charge < -0.3 is 9.47 Å². The molecule has 0 aromatic heterocycles. The number of hydrogen-bond acceptors (Lipinski definition) is 6. The summed E-state index contributed by atoms with van der Waals surface area (Å²) in [7, 11) is 0. The lowest BCUT2D eigenvalue weighted by Crippen LogP contribution is -2.34. The number of fused-ring (bicyclic) bond motifs is 1. The zero-order valence-corrected chi connectivity index (χ0v) is 13.2. The summed E-state index contributed by atoms with van der Waals surface area (Å²) >= 11 is 0. The first-order chi connectivity index (χ1) is 11.0. The molecule has 2 aliphatic heterocycles. The van der Waals surface area contributed by atoms with Crippen LogP contribution in [0.5, 0.6) is 0 Å². The molecule has 7 heteroatoms. The zero-order chi connectivity index (χ0) is 16.6. The molecule has 3 fully saturated rings. The number of carbonyl (C=O) groups is 4. The number of amides is 2. The van der Waals surface area contributed by atoms with Gasteiger partial charge in [-0.2, -0.15) is 0 Å². The second kappa shape index (κ2) is 6.29. The Morgan fingerprint density at radius 1 is 1.17 bits per heavy atom. The standard InChI is InChI=1S/C16H21NO6/c1-9-8-12(16(21)22-9)23-13(18)6-7-17-14(19)10-4-2-3-5-11(10)15(17)20/h9-12H,2-8H2,1H3. The first-order valence-electron chi connectivity index (χ1n) is 8.22. The Labute approximate surface area is 134 Å². The van der Waals surface area contributed by atoms with Gasteiger partial charge >= 0.3 is 11.9 Å². The number of imide groups is 1. The molecule has 7 nitrogen and oxygen atoms in total. The molecule has 23 heavy (non-hydrogen) atoms. The minimum Gasteiger partial charge on any atom is -0.460 e. The first-order valence-corrected chi connectivity index (χ1v) is 8.22. The molecule has 4 unspecified atom stereocenters. The van der Waals surface area contributed by atoms with Crippen molar-refractivity contribution in [1.29, 1.82) is 0 Å². The molecule has 126 valence electrons. The van der Waals surface area contributed by atoms with Crippen molar-refractivity contribution in [3.05, 3.63) is 0 Å². The Hall–Kier alpha value is -1.92. The third-order valence-corrected chi connectivity index (χ3v) is 4.87. The second-order valence-corrected chi connectivity index (χ2v) is 6.54. The summed E-state index contributed by atoms with van der Waals surface area (Å²) in [4.78, 5) is 49.0. The van der Waals surface area contributed by atoms with Gasteiger partial charge in [0, 0.05) is 13.0 Å². The van der Waals surface area contributed by atoms with Crippen molar-refractivity contribution in [3.8, 4) is 0 Å². The number of carbonyl (C=O) groups excluding carboxylic acids is 4. The van der Waals surface area contributed by atoms with E-state index in [0.29, 0.717) is 6.42 Å². The van der Waals surface area contributed by atoms with Gasteiger partial charge in [0.2, 0.25) is 17.9 Å². The van der Waals surface area contributed by atoms with Crippen molar-refractivity contribution in [2.24, 2.45) is 11.8 Å². The van der Waals surface area contributed by atoms with E-state index in [4.69, 9.17) is 9.47 Å². The molecule has 2 amide bonds. The summed E-state index contributed by atoms with van der Waals surface area (Å²) < 4.78 is 10.00. The van der Waals surface area contributed by atoms with Crippen LogP contribution in [-0.2, 0) is 28.7 Å². The molecule has 1 aliphatic carbocycles. The van der Waals surface area contributed by atoms with E-state index in [9.17, 15) is 19.2 Å². The second-order valence-electron chi connectivity index (χ2n) is 6.54. The number of ether oxygens (including phenoxy) is 2. The molecular weight excluding hydrogens is 302 g/mol. The summed E-state index contributed by atoms with van der Waals surface area (Å²) in [5.41, 5.74) is 0. The third kappa shape index (κ3) is 3.09. The van der Waals surface area contributed by atoms with Gasteiger partial charge in [-0.3, -0.25) is 19.3 Å². The predicted octanol–water partition coefficient (Wildman–Crippen LogP) is 0.799. The lowest BCUT2D eigenvalue weighted by molar-refractivity contribution is -0.161. The maximum absolute atomic E-state index is 12.3. The minimum atomic E-state index is -0.870. The summed E-state index contributed by atoms with van der Waals surface area (Å²) in [5, 5.41) is 0. The van der Waals surface area contributed by atoms with Crippen LogP contribution in [0, 0.1) is 11.8 Å². The molecule has 0 bridgehead atoms. The molecule has 0 aromatic rings. The molecule has 0 N–H and O–H groups in total. The Bertz CT molecular complexity index is 521. The highest BCUT2D eigenvalue weighted by Gasteiger charge is 2.48. The van der Waals surface area contributed by atoms with Crippen molar-refractivity contribution in [2.45, 2.75) is 57.7 Å². The molecule has 3 rings (SSSR count). The average Bonchev–Trinajstić information content (AvgIpc) is 2.96. The van der Waals surface area contributed by atoms with Gasteiger partial charge in [-0.15, -0.1) is 0 Å². The lowest BCUT2D eigenvalue weighted by Gasteiger charge is -2.19. The van der Waals surface area contributed by atoms with Crippen LogP contribution >= 0.6 is 0 Å². The highest BCUT2D eigenvalue weighted by molar-refractivity contribution is 6.05. The topological polar surface area (TPSA) is 90.0 Å². The number of esters is 2. The first kappa shape index (κ1) is 16.0. The molecule has 4 atom stereocenters. The minimum absolute atomic E-state index is 0.0286. The van der Waals surface area contributed by atoms with E-state index in [1.165, 1.54) is 4.90 Å². The van der Waals surface area contributed by atoms with Crippen LogP contribution < -0.4 is 0 Å². The van der Waals surface area contributed by atoms with Gasteiger partial charge in [-0.25, -0.2) is 4.79 Å². The SMILES string of the molecule is CC1CC(OC(=O)CCN2C(=O)C3CCCCC3C2=O)C(=O)O1. The predicted molar refractivity (Wildman–Crippen MR) is 76.8 cm³/mol.